The number of hydrogen-bond donors (Lipinski definition) is 1. The van der Waals surface area contributed by atoms with Crippen molar-refractivity contribution >= 4 is 16.8 Å². The lowest BCUT2D eigenvalue weighted by molar-refractivity contribution is 0.0940. The fraction of sp³-hybridized carbons (Fsp3) is 0.364. The summed E-state index contributed by atoms with van der Waals surface area (Å²) in [5.74, 6) is 1.33. The van der Waals surface area contributed by atoms with Gasteiger partial charge in [-0.05, 0) is 97.9 Å². The summed E-state index contributed by atoms with van der Waals surface area (Å²) < 4.78 is 2.38. The summed E-state index contributed by atoms with van der Waals surface area (Å²) in [5.41, 5.74) is 9.67. The van der Waals surface area contributed by atoms with Gasteiger partial charge in [-0.3, -0.25) is 4.79 Å². The number of fused-ring (bicyclic) bond motifs is 1. The van der Waals surface area contributed by atoms with E-state index in [9.17, 15) is 4.79 Å². The number of rotatable bonds is 8. The van der Waals surface area contributed by atoms with E-state index in [0.29, 0.717) is 17.4 Å². The highest BCUT2D eigenvalue weighted by molar-refractivity contribution is 5.99. The van der Waals surface area contributed by atoms with Gasteiger partial charge in [-0.15, -0.1) is 0 Å². The van der Waals surface area contributed by atoms with Crippen molar-refractivity contribution in [3.8, 4) is 0 Å². The van der Waals surface area contributed by atoms with E-state index in [-0.39, 0.29) is 11.9 Å². The van der Waals surface area contributed by atoms with Crippen molar-refractivity contribution in [2.45, 2.75) is 72.4 Å². The summed E-state index contributed by atoms with van der Waals surface area (Å²) >= 11 is 0. The molecule has 1 atom stereocenters. The molecule has 0 spiro atoms. The number of carbonyl (C=O) groups excluding carboxylic acids is 1. The Bertz CT molecular complexity index is 1410. The van der Waals surface area contributed by atoms with Crippen LogP contribution in [0.25, 0.3) is 10.9 Å². The van der Waals surface area contributed by atoms with Crippen molar-refractivity contribution in [3.63, 3.8) is 0 Å². The molecule has 1 saturated carbocycles. The van der Waals surface area contributed by atoms with Crippen molar-refractivity contribution in [2.24, 2.45) is 5.92 Å². The molecule has 5 rings (SSSR count). The van der Waals surface area contributed by atoms with Crippen LogP contribution in [0.2, 0.25) is 0 Å². The molecule has 0 aliphatic heterocycles. The molecule has 1 aromatic heterocycles. The molecular formula is C33H38N2O. The van der Waals surface area contributed by atoms with Crippen molar-refractivity contribution in [3.05, 3.63) is 106 Å². The highest BCUT2D eigenvalue weighted by Crippen LogP contribution is 2.40. The van der Waals surface area contributed by atoms with E-state index < -0.39 is 0 Å². The lowest BCUT2D eigenvalue weighted by atomic mass is 10.0. The summed E-state index contributed by atoms with van der Waals surface area (Å²) in [6.45, 7) is 11.8. The molecule has 1 aliphatic carbocycles. The van der Waals surface area contributed by atoms with Gasteiger partial charge in [0.25, 0.3) is 5.91 Å². The maximum absolute atomic E-state index is 13.2. The molecule has 3 heteroatoms. The molecule has 0 unspecified atom stereocenters. The Morgan fingerprint density at radius 2 is 1.69 bits per heavy atom. The lowest BCUT2D eigenvalue weighted by Crippen LogP contribution is -2.26. The number of aryl methyl sites for hydroxylation is 1. The molecule has 1 fully saturated rings. The highest BCUT2D eigenvalue weighted by atomic mass is 16.1. The maximum atomic E-state index is 13.2. The second-order valence-corrected chi connectivity index (χ2v) is 11.1. The Hall–Kier alpha value is -3.33. The van der Waals surface area contributed by atoms with Crippen LogP contribution in [0.3, 0.4) is 0 Å². The molecule has 1 N–H and O–H groups in total. The molecule has 1 aliphatic rings. The Labute approximate surface area is 215 Å². The van der Waals surface area contributed by atoms with Gasteiger partial charge < -0.3 is 9.88 Å². The van der Waals surface area contributed by atoms with Gasteiger partial charge in [0.15, 0.2) is 0 Å². The topological polar surface area (TPSA) is 34.0 Å². The molecule has 0 bridgehead atoms. The summed E-state index contributed by atoms with van der Waals surface area (Å²) in [7, 11) is 0. The van der Waals surface area contributed by atoms with Crippen LogP contribution in [0.1, 0.15) is 89.4 Å². The molecule has 36 heavy (non-hydrogen) atoms. The van der Waals surface area contributed by atoms with Gasteiger partial charge in [-0.25, -0.2) is 0 Å². The van der Waals surface area contributed by atoms with E-state index in [2.05, 4.69) is 105 Å². The van der Waals surface area contributed by atoms with Crippen molar-refractivity contribution in [1.82, 2.24) is 9.88 Å². The van der Waals surface area contributed by atoms with Gasteiger partial charge in [-0.1, -0.05) is 62.4 Å². The van der Waals surface area contributed by atoms with Crippen LogP contribution in [0.5, 0.6) is 0 Å². The number of benzene rings is 3. The minimum Gasteiger partial charge on any atom is -0.346 e. The predicted molar refractivity (Wildman–Crippen MR) is 150 cm³/mol. The van der Waals surface area contributed by atoms with E-state index in [1.807, 2.05) is 6.07 Å². The molecule has 4 aromatic rings. The fourth-order valence-corrected chi connectivity index (χ4v) is 5.37. The summed E-state index contributed by atoms with van der Waals surface area (Å²) in [4.78, 5) is 13.2. The third kappa shape index (κ3) is 5.11. The standard InChI is InChI=1S/C33H38N2O/c1-21(2)16-25-8-6-9-26(17-25)20-35-24(5)22(3)31-19-30(14-15-32(31)35)33(36)34-23(4)28-10-7-11-29(18-28)27-12-13-27/h6-11,14-15,17-19,21,23,27H,12-13,16,20H2,1-5H3,(H,34,36)/t23-/m0/s1. The lowest BCUT2D eigenvalue weighted by Gasteiger charge is -2.16. The smallest absolute Gasteiger partial charge is 0.251 e. The molecule has 3 aromatic carbocycles. The van der Waals surface area contributed by atoms with Gasteiger partial charge in [0.05, 0.1) is 6.04 Å². The Morgan fingerprint density at radius 1 is 0.944 bits per heavy atom. The first-order valence-electron chi connectivity index (χ1n) is 13.4. The first-order valence-corrected chi connectivity index (χ1v) is 13.4. The zero-order chi connectivity index (χ0) is 25.4. The van der Waals surface area contributed by atoms with Crippen molar-refractivity contribution < 1.29 is 4.79 Å². The molecular weight excluding hydrogens is 440 g/mol. The van der Waals surface area contributed by atoms with Crippen LogP contribution >= 0.6 is 0 Å². The van der Waals surface area contributed by atoms with Crippen LogP contribution in [0.15, 0.2) is 66.7 Å². The van der Waals surface area contributed by atoms with E-state index in [4.69, 9.17) is 0 Å². The Morgan fingerprint density at radius 3 is 2.44 bits per heavy atom. The average Bonchev–Trinajstić information content (AvgIpc) is 3.69. The van der Waals surface area contributed by atoms with Gasteiger partial charge in [0.1, 0.15) is 0 Å². The monoisotopic (exact) mass is 478 g/mol. The SMILES string of the molecule is Cc1c(C)n(Cc2cccc(CC(C)C)c2)c2ccc(C(=O)N[C@@H](C)c3cccc(C4CC4)c3)cc12. The van der Waals surface area contributed by atoms with Crippen LogP contribution < -0.4 is 5.32 Å². The first kappa shape index (κ1) is 24.4. The minimum atomic E-state index is -0.0301. The minimum absolute atomic E-state index is 0.0209. The van der Waals surface area contributed by atoms with Gasteiger partial charge in [-0.2, -0.15) is 0 Å². The molecule has 1 heterocycles. The number of aromatic nitrogens is 1. The Balaban J connectivity index is 1.37. The van der Waals surface area contributed by atoms with E-state index >= 15 is 0 Å². The molecule has 3 nitrogen and oxygen atoms in total. The predicted octanol–water partition coefficient (Wildman–Crippen LogP) is 7.87. The number of nitrogens with one attached hydrogen (secondary N) is 1. The zero-order valence-electron chi connectivity index (χ0n) is 22.3. The van der Waals surface area contributed by atoms with Crippen LogP contribution in [0.4, 0.5) is 0 Å². The van der Waals surface area contributed by atoms with E-state index in [1.165, 1.54) is 51.9 Å². The number of carbonyl (C=O) groups is 1. The van der Waals surface area contributed by atoms with E-state index in [1.54, 1.807) is 0 Å². The normalized spacial score (nSPS) is 14.4. The number of hydrogen-bond acceptors (Lipinski definition) is 1. The van der Waals surface area contributed by atoms with Crippen molar-refractivity contribution in [2.75, 3.05) is 0 Å². The van der Waals surface area contributed by atoms with Gasteiger partial charge >= 0.3 is 0 Å². The second-order valence-electron chi connectivity index (χ2n) is 11.1. The van der Waals surface area contributed by atoms with Gasteiger partial charge in [0.2, 0.25) is 0 Å². The zero-order valence-corrected chi connectivity index (χ0v) is 22.3. The number of nitrogens with zero attached hydrogens (tertiary/aromatic N) is 1. The van der Waals surface area contributed by atoms with Crippen molar-refractivity contribution in [1.29, 1.82) is 0 Å². The van der Waals surface area contributed by atoms with E-state index in [0.717, 1.165) is 18.4 Å². The Kier molecular flexibility index (Phi) is 6.75. The first-order chi connectivity index (χ1) is 17.3. The third-order valence-electron chi connectivity index (χ3n) is 7.68. The van der Waals surface area contributed by atoms with Crippen LogP contribution in [-0.2, 0) is 13.0 Å². The highest BCUT2D eigenvalue weighted by Gasteiger charge is 2.24. The third-order valence-corrected chi connectivity index (χ3v) is 7.68. The van der Waals surface area contributed by atoms with Crippen LogP contribution in [0, 0.1) is 19.8 Å². The second kappa shape index (κ2) is 9.97. The van der Waals surface area contributed by atoms with Gasteiger partial charge in [0, 0.05) is 28.7 Å². The quantitative estimate of drug-likeness (QED) is 0.275. The number of amides is 1. The summed E-state index contributed by atoms with van der Waals surface area (Å²) in [6, 6.07) is 23.8. The molecule has 0 saturated heterocycles. The van der Waals surface area contributed by atoms with Crippen LogP contribution in [-0.4, -0.2) is 10.5 Å². The average molecular weight is 479 g/mol. The summed E-state index contributed by atoms with van der Waals surface area (Å²) in [6.07, 6.45) is 3.66. The largest absolute Gasteiger partial charge is 0.346 e. The molecule has 0 radical (unpaired) electrons. The fourth-order valence-electron chi connectivity index (χ4n) is 5.37. The molecule has 186 valence electrons. The summed E-state index contributed by atoms with van der Waals surface area (Å²) in [5, 5.41) is 4.37. The maximum Gasteiger partial charge on any atom is 0.251 e. The molecule has 1 amide bonds.